The molecule has 6 heteroatoms. The van der Waals surface area contributed by atoms with Crippen molar-refractivity contribution in [2.24, 2.45) is 5.92 Å². The van der Waals surface area contributed by atoms with Crippen LogP contribution in [0, 0.1) is 5.92 Å². The van der Waals surface area contributed by atoms with E-state index in [9.17, 15) is 9.59 Å². The Bertz CT molecular complexity index is 264. The first-order chi connectivity index (χ1) is 8.13. The molecule has 0 bridgehead atoms. The van der Waals surface area contributed by atoms with Gasteiger partial charge in [-0.3, -0.25) is 0 Å². The summed E-state index contributed by atoms with van der Waals surface area (Å²) < 4.78 is 5.29. The summed E-state index contributed by atoms with van der Waals surface area (Å²) in [7, 11) is 0. The number of urea groups is 1. The van der Waals surface area contributed by atoms with Crippen molar-refractivity contribution >= 4 is 12.0 Å². The highest BCUT2D eigenvalue weighted by Crippen LogP contribution is 2.11. The zero-order valence-electron chi connectivity index (χ0n) is 10.1. The van der Waals surface area contributed by atoms with E-state index in [1.54, 1.807) is 6.92 Å². The van der Waals surface area contributed by atoms with E-state index in [-0.39, 0.29) is 0 Å². The molecule has 0 aromatic rings. The van der Waals surface area contributed by atoms with Crippen LogP contribution in [0.1, 0.15) is 26.2 Å². The van der Waals surface area contributed by atoms with E-state index >= 15 is 0 Å². The number of carboxylic acid groups (broad SMARTS) is 1. The van der Waals surface area contributed by atoms with Crippen molar-refractivity contribution in [3.63, 3.8) is 0 Å². The summed E-state index contributed by atoms with van der Waals surface area (Å²) >= 11 is 0. The van der Waals surface area contributed by atoms with Gasteiger partial charge in [-0.1, -0.05) is 6.92 Å². The van der Waals surface area contributed by atoms with Gasteiger partial charge in [0, 0.05) is 13.2 Å². The second-order valence-electron chi connectivity index (χ2n) is 4.24. The van der Waals surface area contributed by atoms with Crippen molar-refractivity contribution < 1.29 is 19.4 Å². The molecule has 1 unspecified atom stereocenters. The maximum atomic E-state index is 11.4. The lowest BCUT2D eigenvalue weighted by Gasteiger charge is -2.22. The highest BCUT2D eigenvalue weighted by molar-refractivity contribution is 5.82. The summed E-state index contributed by atoms with van der Waals surface area (Å²) in [5.74, 6) is -0.678. The van der Waals surface area contributed by atoms with Crippen LogP contribution in [0.4, 0.5) is 4.79 Å². The Kier molecular flexibility index (Phi) is 5.76. The molecule has 0 aliphatic carbocycles. The minimum absolute atomic E-state index is 0.333. The number of aliphatic carboxylic acids is 1. The van der Waals surface area contributed by atoms with E-state index in [1.165, 1.54) is 0 Å². The fraction of sp³-hybridized carbons (Fsp3) is 0.818. The van der Waals surface area contributed by atoms with E-state index in [4.69, 9.17) is 9.84 Å². The Morgan fingerprint density at radius 2 is 2.29 bits per heavy atom. The van der Waals surface area contributed by atoms with E-state index in [2.05, 4.69) is 10.6 Å². The van der Waals surface area contributed by atoms with Gasteiger partial charge in [0.25, 0.3) is 0 Å². The molecule has 0 saturated carbocycles. The summed E-state index contributed by atoms with van der Waals surface area (Å²) in [6.07, 6.45) is 2.42. The van der Waals surface area contributed by atoms with Crippen LogP contribution in [0.2, 0.25) is 0 Å². The fourth-order valence-electron chi connectivity index (χ4n) is 1.75. The Labute approximate surface area is 101 Å². The highest BCUT2D eigenvalue weighted by Gasteiger charge is 2.19. The van der Waals surface area contributed by atoms with Gasteiger partial charge in [-0.05, 0) is 25.2 Å². The zero-order valence-corrected chi connectivity index (χ0v) is 10.1. The van der Waals surface area contributed by atoms with Crippen molar-refractivity contribution in [3.05, 3.63) is 0 Å². The van der Waals surface area contributed by atoms with Gasteiger partial charge in [0.15, 0.2) is 0 Å². The summed E-state index contributed by atoms with van der Waals surface area (Å²) in [5.41, 5.74) is 0. The molecule has 0 spiro atoms. The first-order valence-corrected chi connectivity index (χ1v) is 5.98. The number of carbonyl (C=O) groups is 2. The molecule has 0 radical (unpaired) electrons. The molecule has 17 heavy (non-hydrogen) atoms. The molecule has 3 N–H and O–H groups in total. The van der Waals surface area contributed by atoms with Gasteiger partial charge in [-0.15, -0.1) is 0 Å². The van der Waals surface area contributed by atoms with Crippen LogP contribution in [0.3, 0.4) is 0 Å². The number of hydrogen-bond donors (Lipinski definition) is 3. The van der Waals surface area contributed by atoms with Crippen molar-refractivity contribution in [3.8, 4) is 0 Å². The number of carbonyl (C=O) groups excluding carboxylic acids is 1. The monoisotopic (exact) mass is 244 g/mol. The maximum Gasteiger partial charge on any atom is 0.326 e. The molecule has 1 heterocycles. The molecule has 1 aliphatic heterocycles. The maximum absolute atomic E-state index is 11.4. The number of nitrogens with one attached hydrogen (secondary N) is 2. The summed E-state index contributed by atoms with van der Waals surface area (Å²) in [6, 6.07) is -1.25. The second-order valence-corrected chi connectivity index (χ2v) is 4.24. The predicted molar refractivity (Wildman–Crippen MR) is 61.8 cm³/mol. The number of carboxylic acids is 1. The first-order valence-electron chi connectivity index (χ1n) is 5.98. The van der Waals surface area contributed by atoms with Crippen molar-refractivity contribution in [2.75, 3.05) is 19.8 Å². The van der Waals surface area contributed by atoms with Crippen molar-refractivity contribution in [2.45, 2.75) is 32.2 Å². The number of amides is 2. The molecule has 1 aliphatic rings. The first kappa shape index (κ1) is 13.8. The third-order valence-corrected chi connectivity index (χ3v) is 2.82. The molecular weight excluding hydrogens is 224 g/mol. The molecule has 2 amide bonds. The minimum atomic E-state index is -1.01. The van der Waals surface area contributed by atoms with Crippen molar-refractivity contribution in [1.82, 2.24) is 10.6 Å². The normalized spacial score (nSPS) is 21.6. The van der Waals surface area contributed by atoms with Crippen LogP contribution in [-0.2, 0) is 9.53 Å². The van der Waals surface area contributed by atoms with Crippen LogP contribution in [0.25, 0.3) is 0 Å². The third kappa shape index (κ3) is 5.04. The SMILES string of the molecule is CC[C@@H](NC(=O)NCC1CCCOC1)C(=O)O. The average molecular weight is 244 g/mol. The fourth-order valence-corrected chi connectivity index (χ4v) is 1.75. The highest BCUT2D eigenvalue weighted by atomic mass is 16.5. The molecule has 0 aromatic carbocycles. The van der Waals surface area contributed by atoms with Gasteiger partial charge >= 0.3 is 12.0 Å². The van der Waals surface area contributed by atoms with Gasteiger partial charge in [0.1, 0.15) is 6.04 Å². The lowest BCUT2D eigenvalue weighted by molar-refractivity contribution is -0.139. The Balaban J connectivity index is 2.21. The van der Waals surface area contributed by atoms with E-state index < -0.39 is 18.0 Å². The zero-order chi connectivity index (χ0) is 12.7. The topological polar surface area (TPSA) is 87.7 Å². The summed E-state index contributed by atoms with van der Waals surface area (Å²) in [6.45, 7) is 3.70. The van der Waals surface area contributed by atoms with E-state index in [0.717, 1.165) is 19.4 Å². The Morgan fingerprint density at radius 3 is 2.82 bits per heavy atom. The smallest absolute Gasteiger partial charge is 0.326 e. The van der Waals surface area contributed by atoms with Gasteiger partial charge in [-0.2, -0.15) is 0 Å². The van der Waals surface area contributed by atoms with Crippen LogP contribution < -0.4 is 10.6 Å². The van der Waals surface area contributed by atoms with Crippen LogP contribution in [-0.4, -0.2) is 42.9 Å². The van der Waals surface area contributed by atoms with E-state index in [1.807, 2.05) is 0 Å². The van der Waals surface area contributed by atoms with Crippen molar-refractivity contribution in [1.29, 1.82) is 0 Å². The Hall–Kier alpha value is -1.30. The molecule has 6 nitrogen and oxygen atoms in total. The molecular formula is C11H20N2O4. The molecule has 98 valence electrons. The van der Waals surface area contributed by atoms with Crippen LogP contribution >= 0.6 is 0 Å². The average Bonchev–Trinajstić information content (AvgIpc) is 2.34. The molecule has 2 atom stereocenters. The molecule has 1 saturated heterocycles. The quantitative estimate of drug-likeness (QED) is 0.660. The lowest BCUT2D eigenvalue weighted by atomic mass is 10.0. The standard InChI is InChI=1S/C11H20N2O4/c1-2-9(10(14)15)13-11(16)12-6-8-4-3-5-17-7-8/h8-9H,2-7H2,1H3,(H,14,15)(H2,12,13,16)/t8?,9-/m1/s1. The third-order valence-electron chi connectivity index (χ3n) is 2.82. The van der Waals surface area contributed by atoms with Gasteiger partial charge in [0.05, 0.1) is 6.61 Å². The number of hydrogen-bond acceptors (Lipinski definition) is 3. The molecule has 0 aromatic heterocycles. The number of rotatable bonds is 5. The summed E-state index contributed by atoms with van der Waals surface area (Å²) in [4.78, 5) is 22.1. The van der Waals surface area contributed by atoms with E-state index in [0.29, 0.717) is 25.5 Å². The number of ether oxygens (including phenoxy) is 1. The van der Waals surface area contributed by atoms with Crippen LogP contribution in [0.15, 0.2) is 0 Å². The lowest BCUT2D eigenvalue weighted by Crippen LogP contribution is -2.47. The summed E-state index contributed by atoms with van der Waals surface area (Å²) in [5, 5.41) is 13.9. The Morgan fingerprint density at radius 1 is 1.53 bits per heavy atom. The second kappa shape index (κ2) is 7.11. The predicted octanol–water partition coefficient (Wildman–Crippen LogP) is 0.575. The van der Waals surface area contributed by atoms with Gasteiger partial charge < -0.3 is 20.5 Å². The van der Waals surface area contributed by atoms with Gasteiger partial charge in [0.2, 0.25) is 0 Å². The largest absolute Gasteiger partial charge is 0.480 e. The molecule has 1 fully saturated rings. The molecule has 1 rings (SSSR count). The van der Waals surface area contributed by atoms with Crippen LogP contribution in [0.5, 0.6) is 0 Å². The van der Waals surface area contributed by atoms with Gasteiger partial charge in [-0.25, -0.2) is 9.59 Å². The minimum Gasteiger partial charge on any atom is -0.480 e.